The Morgan fingerprint density at radius 1 is 1.11 bits per heavy atom. The average Bonchev–Trinajstić information content (AvgIpc) is 3.61. The number of thioether (sulfide) groups is 1. The number of urea groups is 1. The molecule has 0 aliphatic carbocycles. The number of amidine groups is 1. The summed E-state index contributed by atoms with van der Waals surface area (Å²) >= 11 is 1.23. The van der Waals surface area contributed by atoms with Gasteiger partial charge in [-0.25, -0.2) is 14.5 Å². The van der Waals surface area contributed by atoms with Gasteiger partial charge in [0.1, 0.15) is 12.1 Å². The van der Waals surface area contributed by atoms with Crippen LogP contribution in [0.4, 0.5) is 23.7 Å². The molecule has 226 valence electrons. The second kappa shape index (κ2) is 13.2. The molecular weight excluding hydrogens is 593 g/mol. The molecule has 1 N–H and O–H groups in total. The quantitative estimate of drug-likeness (QED) is 0.230. The lowest BCUT2D eigenvalue weighted by Crippen LogP contribution is -2.31. The number of nitrogens with one attached hydrogen (secondary N) is 1. The van der Waals surface area contributed by atoms with Gasteiger partial charge in [-0.05, 0) is 66.4 Å². The van der Waals surface area contributed by atoms with Gasteiger partial charge in [0.05, 0.1) is 17.1 Å². The van der Waals surface area contributed by atoms with E-state index in [0.717, 1.165) is 40.8 Å². The number of carbonyl (C=O) groups excluding carboxylic acids is 2. The number of halogens is 3. The van der Waals surface area contributed by atoms with Gasteiger partial charge in [-0.3, -0.25) is 9.69 Å². The van der Waals surface area contributed by atoms with E-state index in [4.69, 9.17) is 0 Å². The van der Waals surface area contributed by atoms with Crippen molar-refractivity contribution in [3.63, 3.8) is 0 Å². The number of anilines is 1. The number of amides is 3. The highest BCUT2D eigenvalue weighted by Crippen LogP contribution is 2.31. The number of aliphatic imine (C=N–C) groups is 1. The molecule has 0 saturated carbocycles. The lowest BCUT2D eigenvalue weighted by Gasteiger charge is -2.20. The third-order valence-electron chi connectivity index (χ3n) is 6.44. The van der Waals surface area contributed by atoms with Crippen molar-refractivity contribution in [2.24, 2.45) is 4.99 Å². The summed E-state index contributed by atoms with van der Waals surface area (Å²) in [6.07, 6.45) is 1.60. The fraction of sp³-hybridized carbons (Fsp3) is 0.194. The third kappa shape index (κ3) is 7.53. The van der Waals surface area contributed by atoms with Crippen LogP contribution in [0.15, 0.2) is 84.2 Å². The lowest BCUT2D eigenvalue weighted by atomic mass is 10.0. The zero-order chi connectivity index (χ0) is 31.3. The predicted molar refractivity (Wildman–Crippen MR) is 164 cm³/mol. The molecule has 0 bridgehead atoms. The van der Waals surface area contributed by atoms with Crippen molar-refractivity contribution in [1.82, 2.24) is 20.1 Å². The third-order valence-corrected chi connectivity index (χ3v) is 7.37. The van der Waals surface area contributed by atoms with E-state index < -0.39 is 12.4 Å². The second-order valence-corrected chi connectivity index (χ2v) is 10.7. The van der Waals surface area contributed by atoms with Gasteiger partial charge in [0, 0.05) is 11.8 Å². The molecule has 1 aromatic heterocycles. The van der Waals surface area contributed by atoms with Crippen molar-refractivity contribution >= 4 is 40.6 Å². The SMILES string of the molecule is CCCc1ccc(C)cc1N1C(=O)CSC1=NC(=O)N/C=C/c1ccc(-c2ncn(-c3ccc(OC(F)(F)F)cc3)n2)cc1. The van der Waals surface area contributed by atoms with Crippen LogP contribution in [0, 0.1) is 6.92 Å². The molecule has 3 aromatic carbocycles. The number of aromatic nitrogens is 3. The number of benzene rings is 3. The monoisotopic (exact) mass is 620 g/mol. The summed E-state index contributed by atoms with van der Waals surface area (Å²) in [6, 6.07) is 17.9. The molecule has 44 heavy (non-hydrogen) atoms. The minimum atomic E-state index is -4.76. The Hall–Kier alpha value is -4.91. The maximum absolute atomic E-state index is 12.7. The fourth-order valence-electron chi connectivity index (χ4n) is 4.44. The molecule has 4 aromatic rings. The van der Waals surface area contributed by atoms with Gasteiger partial charge in [-0.2, -0.15) is 4.99 Å². The summed E-state index contributed by atoms with van der Waals surface area (Å²) < 4.78 is 42.5. The van der Waals surface area contributed by atoms with Crippen LogP contribution in [-0.4, -0.2) is 44.0 Å². The van der Waals surface area contributed by atoms with Gasteiger partial charge in [0.15, 0.2) is 11.0 Å². The Balaban J connectivity index is 1.21. The number of nitrogens with zero attached hydrogens (tertiary/aromatic N) is 5. The topological polar surface area (TPSA) is 102 Å². The maximum Gasteiger partial charge on any atom is 0.573 e. The molecule has 9 nitrogen and oxygen atoms in total. The predicted octanol–water partition coefficient (Wildman–Crippen LogP) is 6.91. The summed E-state index contributed by atoms with van der Waals surface area (Å²) in [7, 11) is 0. The molecule has 1 saturated heterocycles. The van der Waals surface area contributed by atoms with Gasteiger partial charge < -0.3 is 10.1 Å². The summed E-state index contributed by atoms with van der Waals surface area (Å²) in [5.74, 6) is 0.188. The first-order chi connectivity index (χ1) is 21.1. The van der Waals surface area contributed by atoms with E-state index in [9.17, 15) is 22.8 Å². The van der Waals surface area contributed by atoms with Crippen LogP contribution in [0.2, 0.25) is 0 Å². The van der Waals surface area contributed by atoms with Crippen molar-refractivity contribution in [3.05, 3.63) is 95.9 Å². The van der Waals surface area contributed by atoms with E-state index in [1.807, 2.05) is 37.3 Å². The molecule has 2 heterocycles. The first kappa shape index (κ1) is 30.5. The van der Waals surface area contributed by atoms with Crippen molar-refractivity contribution in [2.45, 2.75) is 33.1 Å². The van der Waals surface area contributed by atoms with E-state index >= 15 is 0 Å². The summed E-state index contributed by atoms with van der Waals surface area (Å²) in [4.78, 5) is 35.3. The molecular formula is C31H27F3N6O3S. The first-order valence-corrected chi connectivity index (χ1v) is 14.6. The zero-order valence-electron chi connectivity index (χ0n) is 23.7. The molecule has 13 heteroatoms. The highest BCUT2D eigenvalue weighted by molar-refractivity contribution is 8.15. The highest BCUT2D eigenvalue weighted by atomic mass is 32.2. The molecule has 0 radical (unpaired) electrons. The average molecular weight is 621 g/mol. The molecule has 1 fully saturated rings. The number of ether oxygens (including phenoxy) is 1. The van der Waals surface area contributed by atoms with Crippen LogP contribution in [0.1, 0.15) is 30.0 Å². The molecule has 0 atom stereocenters. The maximum atomic E-state index is 12.7. The van der Waals surface area contributed by atoms with Gasteiger partial charge >= 0.3 is 12.4 Å². The summed E-state index contributed by atoms with van der Waals surface area (Å²) in [5.41, 5.74) is 4.82. The highest BCUT2D eigenvalue weighted by Gasteiger charge is 2.32. The van der Waals surface area contributed by atoms with E-state index in [0.29, 0.717) is 16.7 Å². The number of hydrogen-bond acceptors (Lipinski definition) is 6. The van der Waals surface area contributed by atoms with Gasteiger partial charge in [-0.1, -0.05) is 61.5 Å². The van der Waals surface area contributed by atoms with Crippen LogP contribution < -0.4 is 15.0 Å². The van der Waals surface area contributed by atoms with E-state index in [2.05, 4.69) is 32.1 Å². The number of rotatable bonds is 8. The van der Waals surface area contributed by atoms with Crippen molar-refractivity contribution in [3.8, 4) is 22.8 Å². The van der Waals surface area contributed by atoms with Crippen LogP contribution in [0.25, 0.3) is 23.2 Å². The Labute approximate surface area is 255 Å². The molecule has 0 unspecified atom stereocenters. The summed E-state index contributed by atoms with van der Waals surface area (Å²) in [6.45, 7) is 4.03. The fourth-order valence-corrected chi connectivity index (χ4v) is 5.29. The van der Waals surface area contributed by atoms with Crippen LogP contribution in [-0.2, 0) is 11.2 Å². The second-order valence-electron chi connectivity index (χ2n) is 9.75. The van der Waals surface area contributed by atoms with E-state index in [1.165, 1.54) is 58.1 Å². The van der Waals surface area contributed by atoms with E-state index in [-0.39, 0.29) is 17.4 Å². The number of alkyl halides is 3. The molecule has 0 spiro atoms. The van der Waals surface area contributed by atoms with Crippen molar-refractivity contribution < 1.29 is 27.5 Å². The molecule has 5 rings (SSSR count). The number of aryl methyl sites for hydroxylation is 2. The lowest BCUT2D eigenvalue weighted by molar-refractivity contribution is -0.274. The van der Waals surface area contributed by atoms with E-state index in [1.54, 1.807) is 18.2 Å². The summed E-state index contributed by atoms with van der Waals surface area (Å²) in [5, 5.41) is 7.36. The molecule has 3 amide bonds. The molecule has 1 aliphatic heterocycles. The Kier molecular flexibility index (Phi) is 9.14. The Bertz CT molecular complexity index is 1720. The smallest absolute Gasteiger partial charge is 0.406 e. The van der Waals surface area contributed by atoms with Crippen molar-refractivity contribution in [1.29, 1.82) is 0 Å². The van der Waals surface area contributed by atoms with Gasteiger partial charge in [0.2, 0.25) is 5.91 Å². The van der Waals surface area contributed by atoms with Crippen LogP contribution in [0.5, 0.6) is 5.75 Å². The number of carbonyl (C=O) groups is 2. The standard InChI is InChI=1S/C31H27F3N6O3S/c1-3-4-22-8-5-20(2)17-26(22)40-27(41)18-44-30(40)37-29(42)35-16-15-21-6-9-23(10-7-21)28-36-19-39(38-28)24-11-13-25(14-12-24)43-31(32,33)34/h5-17,19H,3-4,18H2,1-2H3,(H,35,42)/b16-15+,37-30?. The number of hydrogen-bond donors (Lipinski definition) is 1. The zero-order valence-corrected chi connectivity index (χ0v) is 24.5. The van der Waals surface area contributed by atoms with Crippen LogP contribution >= 0.6 is 11.8 Å². The van der Waals surface area contributed by atoms with Crippen molar-refractivity contribution in [2.75, 3.05) is 10.7 Å². The van der Waals surface area contributed by atoms with Crippen LogP contribution in [0.3, 0.4) is 0 Å². The normalized spacial score (nSPS) is 14.5. The largest absolute Gasteiger partial charge is 0.573 e. The Morgan fingerprint density at radius 3 is 2.57 bits per heavy atom. The Morgan fingerprint density at radius 2 is 1.86 bits per heavy atom. The first-order valence-electron chi connectivity index (χ1n) is 13.6. The van der Waals surface area contributed by atoms with Gasteiger partial charge in [-0.15, -0.1) is 18.3 Å². The minimum Gasteiger partial charge on any atom is -0.406 e. The molecule has 1 aliphatic rings. The van der Waals surface area contributed by atoms with Gasteiger partial charge in [0.25, 0.3) is 0 Å². The minimum absolute atomic E-state index is 0.118.